The van der Waals surface area contributed by atoms with E-state index in [0.29, 0.717) is 12.1 Å². The normalized spacial score (nSPS) is 11.1. The average molecular weight is 410 g/mol. The SMILES string of the molecule is CC(C)(C)c1ccc(C(=O)NC(=O)COC(=O)c2cc(F)c(F)cc2Cl)cc1. The molecule has 148 valence electrons. The lowest BCUT2D eigenvalue weighted by molar-refractivity contribution is -0.123. The molecule has 0 aliphatic carbocycles. The number of hydrogen-bond donors (Lipinski definition) is 1. The zero-order chi connectivity index (χ0) is 21.1. The number of benzene rings is 2. The molecule has 2 rings (SSSR count). The average Bonchev–Trinajstić information content (AvgIpc) is 2.62. The predicted octanol–water partition coefficient (Wildman–Crippen LogP) is 4.03. The zero-order valence-corrected chi connectivity index (χ0v) is 16.2. The first-order valence-corrected chi connectivity index (χ1v) is 8.63. The van der Waals surface area contributed by atoms with Crippen molar-refractivity contribution < 1.29 is 27.9 Å². The van der Waals surface area contributed by atoms with Gasteiger partial charge in [-0.25, -0.2) is 13.6 Å². The van der Waals surface area contributed by atoms with E-state index in [1.54, 1.807) is 24.3 Å². The highest BCUT2D eigenvalue weighted by Crippen LogP contribution is 2.22. The Morgan fingerprint density at radius 1 is 1.04 bits per heavy atom. The van der Waals surface area contributed by atoms with Gasteiger partial charge in [-0.1, -0.05) is 44.5 Å². The van der Waals surface area contributed by atoms with Crippen molar-refractivity contribution in [2.75, 3.05) is 6.61 Å². The first-order chi connectivity index (χ1) is 13.0. The van der Waals surface area contributed by atoms with Crippen LogP contribution < -0.4 is 5.32 Å². The van der Waals surface area contributed by atoms with E-state index in [1.807, 2.05) is 20.8 Å². The summed E-state index contributed by atoms with van der Waals surface area (Å²) in [5.74, 6) is -5.16. The van der Waals surface area contributed by atoms with Crippen LogP contribution in [-0.2, 0) is 14.9 Å². The Kier molecular flexibility index (Phi) is 6.51. The highest BCUT2D eigenvalue weighted by atomic mass is 35.5. The first kappa shape index (κ1) is 21.5. The van der Waals surface area contributed by atoms with Crippen LogP contribution >= 0.6 is 11.6 Å². The van der Waals surface area contributed by atoms with Gasteiger partial charge < -0.3 is 4.74 Å². The molecule has 0 spiro atoms. The van der Waals surface area contributed by atoms with Crippen LogP contribution in [0.2, 0.25) is 5.02 Å². The maximum atomic E-state index is 13.2. The minimum atomic E-state index is -1.28. The molecule has 0 aliphatic heterocycles. The van der Waals surface area contributed by atoms with Gasteiger partial charge >= 0.3 is 5.97 Å². The minimum Gasteiger partial charge on any atom is -0.452 e. The quantitative estimate of drug-likeness (QED) is 0.611. The molecule has 0 radical (unpaired) electrons. The van der Waals surface area contributed by atoms with Crippen molar-refractivity contribution in [1.82, 2.24) is 5.32 Å². The molecule has 2 aromatic carbocycles. The van der Waals surface area contributed by atoms with Gasteiger partial charge in [-0.2, -0.15) is 0 Å². The van der Waals surface area contributed by atoms with Crippen LogP contribution in [0.1, 0.15) is 47.1 Å². The molecular formula is C20H18ClF2NO4. The number of carbonyl (C=O) groups is 3. The molecule has 2 aromatic rings. The van der Waals surface area contributed by atoms with Gasteiger partial charge in [0.05, 0.1) is 10.6 Å². The second-order valence-corrected chi connectivity index (χ2v) is 7.43. The van der Waals surface area contributed by atoms with Gasteiger partial charge in [-0.05, 0) is 35.2 Å². The fourth-order valence-corrected chi connectivity index (χ4v) is 2.47. The molecule has 0 atom stereocenters. The van der Waals surface area contributed by atoms with Gasteiger partial charge in [0.15, 0.2) is 18.2 Å². The van der Waals surface area contributed by atoms with Gasteiger partial charge in [0, 0.05) is 5.56 Å². The smallest absolute Gasteiger partial charge is 0.340 e. The Balaban J connectivity index is 1.94. The summed E-state index contributed by atoms with van der Waals surface area (Å²) in [4.78, 5) is 35.8. The third-order valence-corrected chi connectivity index (χ3v) is 4.14. The van der Waals surface area contributed by atoms with Crippen LogP contribution in [0, 0.1) is 11.6 Å². The minimum absolute atomic E-state index is 0.0832. The summed E-state index contributed by atoms with van der Waals surface area (Å²) in [6, 6.07) is 7.92. The van der Waals surface area contributed by atoms with Gasteiger partial charge in [0.25, 0.3) is 11.8 Å². The van der Waals surface area contributed by atoms with Gasteiger partial charge in [-0.3, -0.25) is 14.9 Å². The standard InChI is InChI=1S/C20H18ClF2NO4/c1-20(2,3)12-6-4-11(5-7-12)18(26)24-17(25)10-28-19(27)13-8-15(22)16(23)9-14(13)21/h4-9H,10H2,1-3H3,(H,24,25,26). The Morgan fingerprint density at radius 2 is 1.61 bits per heavy atom. The topological polar surface area (TPSA) is 72.5 Å². The summed E-state index contributed by atoms with van der Waals surface area (Å²) in [7, 11) is 0. The van der Waals surface area contributed by atoms with E-state index in [9.17, 15) is 23.2 Å². The van der Waals surface area contributed by atoms with E-state index >= 15 is 0 Å². The number of nitrogens with one attached hydrogen (secondary N) is 1. The summed E-state index contributed by atoms with van der Waals surface area (Å²) in [6.07, 6.45) is 0. The number of amides is 2. The van der Waals surface area contributed by atoms with Crippen LogP contribution in [0.3, 0.4) is 0 Å². The summed E-state index contributed by atoms with van der Waals surface area (Å²) in [5.41, 5.74) is 0.765. The molecule has 0 fully saturated rings. The van der Waals surface area contributed by atoms with E-state index < -0.39 is 41.6 Å². The Bertz CT molecular complexity index is 921. The fraction of sp³-hybridized carbons (Fsp3) is 0.250. The van der Waals surface area contributed by atoms with E-state index in [2.05, 4.69) is 10.1 Å². The molecule has 28 heavy (non-hydrogen) atoms. The van der Waals surface area contributed by atoms with Gasteiger partial charge in [-0.15, -0.1) is 0 Å². The van der Waals surface area contributed by atoms with Crippen LogP contribution in [-0.4, -0.2) is 24.4 Å². The second-order valence-electron chi connectivity index (χ2n) is 7.03. The number of imide groups is 1. The molecule has 0 heterocycles. The fourth-order valence-electron chi connectivity index (χ4n) is 2.24. The first-order valence-electron chi connectivity index (χ1n) is 8.25. The molecule has 0 bridgehead atoms. The molecule has 5 nitrogen and oxygen atoms in total. The maximum Gasteiger partial charge on any atom is 0.340 e. The van der Waals surface area contributed by atoms with Crippen molar-refractivity contribution in [1.29, 1.82) is 0 Å². The summed E-state index contributed by atoms with van der Waals surface area (Å²) in [6.45, 7) is 5.29. The zero-order valence-electron chi connectivity index (χ0n) is 15.4. The van der Waals surface area contributed by atoms with Crippen LogP contribution in [0.5, 0.6) is 0 Å². The number of halogens is 3. The van der Waals surface area contributed by atoms with E-state index in [-0.39, 0.29) is 16.0 Å². The number of carbonyl (C=O) groups excluding carboxylic acids is 3. The van der Waals surface area contributed by atoms with Crippen molar-refractivity contribution in [3.05, 3.63) is 69.7 Å². The molecule has 8 heteroatoms. The third-order valence-electron chi connectivity index (χ3n) is 3.83. The summed E-state index contributed by atoms with van der Waals surface area (Å²) >= 11 is 5.66. The molecule has 0 saturated heterocycles. The van der Waals surface area contributed by atoms with Crippen molar-refractivity contribution in [3.63, 3.8) is 0 Å². The summed E-state index contributed by atoms with van der Waals surface area (Å²) < 4.78 is 30.9. The van der Waals surface area contributed by atoms with Crippen LogP contribution in [0.25, 0.3) is 0 Å². The Labute approximate surface area is 165 Å². The van der Waals surface area contributed by atoms with Crippen LogP contribution in [0.4, 0.5) is 8.78 Å². The largest absolute Gasteiger partial charge is 0.452 e. The van der Waals surface area contributed by atoms with Gasteiger partial charge in [0.1, 0.15) is 0 Å². The monoisotopic (exact) mass is 409 g/mol. The lowest BCUT2D eigenvalue weighted by Gasteiger charge is -2.19. The Morgan fingerprint density at radius 3 is 2.18 bits per heavy atom. The lowest BCUT2D eigenvalue weighted by atomic mass is 9.87. The van der Waals surface area contributed by atoms with Crippen molar-refractivity contribution in [2.24, 2.45) is 0 Å². The third kappa shape index (κ3) is 5.36. The number of rotatable bonds is 4. The van der Waals surface area contributed by atoms with Crippen molar-refractivity contribution >= 4 is 29.4 Å². The van der Waals surface area contributed by atoms with Crippen molar-refractivity contribution in [2.45, 2.75) is 26.2 Å². The molecular weight excluding hydrogens is 392 g/mol. The number of esters is 1. The molecule has 0 unspecified atom stereocenters. The molecule has 1 N–H and O–H groups in total. The number of hydrogen-bond acceptors (Lipinski definition) is 4. The molecule has 0 saturated carbocycles. The van der Waals surface area contributed by atoms with E-state index in [4.69, 9.17) is 11.6 Å². The molecule has 0 aromatic heterocycles. The highest BCUT2D eigenvalue weighted by molar-refractivity contribution is 6.33. The predicted molar refractivity (Wildman–Crippen MR) is 99.3 cm³/mol. The highest BCUT2D eigenvalue weighted by Gasteiger charge is 2.19. The second kappa shape index (κ2) is 8.48. The van der Waals surface area contributed by atoms with Crippen molar-refractivity contribution in [3.8, 4) is 0 Å². The molecule has 0 aliphatic rings. The van der Waals surface area contributed by atoms with E-state index in [1.165, 1.54) is 0 Å². The lowest BCUT2D eigenvalue weighted by Crippen LogP contribution is -2.34. The maximum absolute atomic E-state index is 13.2. The summed E-state index contributed by atoms with van der Waals surface area (Å²) in [5, 5.41) is 1.71. The van der Waals surface area contributed by atoms with Gasteiger partial charge in [0.2, 0.25) is 0 Å². The molecule has 2 amide bonds. The van der Waals surface area contributed by atoms with E-state index in [0.717, 1.165) is 5.56 Å². The number of ether oxygens (including phenoxy) is 1. The Hall–Kier alpha value is -2.80. The van der Waals surface area contributed by atoms with Crippen LogP contribution in [0.15, 0.2) is 36.4 Å².